The Kier molecular flexibility index (Phi) is 3.98. The van der Waals surface area contributed by atoms with Crippen LogP contribution in [-0.2, 0) is 7.05 Å². The van der Waals surface area contributed by atoms with Gasteiger partial charge in [-0.05, 0) is 24.6 Å². The highest BCUT2D eigenvalue weighted by Gasteiger charge is 2.16. The van der Waals surface area contributed by atoms with Crippen molar-refractivity contribution in [3.05, 3.63) is 82.1 Å². The molecule has 2 aromatic carbocycles. The van der Waals surface area contributed by atoms with Crippen LogP contribution >= 0.6 is 0 Å². The van der Waals surface area contributed by atoms with Crippen molar-refractivity contribution in [3.63, 3.8) is 0 Å². The van der Waals surface area contributed by atoms with Crippen LogP contribution in [-0.4, -0.2) is 10.5 Å². The Bertz CT molecular complexity index is 914. The largest absolute Gasteiger partial charge is 0.350 e. The van der Waals surface area contributed by atoms with Crippen molar-refractivity contribution >= 4 is 16.8 Å². The normalized spacial score (nSPS) is 12.1. The lowest BCUT2D eigenvalue weighted by Crippen LogP contribution is -2.31. The fourth-order valence-corrected chi connectivity index (χ4v) is 2.70. The molecule has 0 aliphatic heterocycles. The number of nitrogens with one attached hydrogen (secondary N) is 1. The van der Waals surface area contributed by atoms with Crippen LogP contribution < -0.4 is 10.7 Å². The lowest BCUT2D eigenvalue weighted by atomic mass is 10.1. The van der Waals surface area contributed by atoms with Gasteiger partial charge in [0.25, 0.3) is 5.91 Å². The maximum absolute atomic E-state index is 12.6. The summed E-state index contributed by atoms with van der Waals surface area (Å²) in [5.74, 6) is -0.354. The highest BCUT2D eigenvalue weighted by atomic mass is 16.2. The Morgan fingerprint density at radius 1 is 1.04 bits per heavy atom. The molecule has 0 aliphatic rings. The summed E-state index contributed by atoms with van der Waals surface area (Å²) in [4.78, 5) is 25.1. The monoisotopic (exact) mass is 306 g/mol. The van der Waals surface area contributed by atoms with Crippen molar-refractivity contribution in [2.75, 3.05) is 0 Å². The van der Waals surface area contributed by atoms with E-state index in [1.807, 2.05) is 56.4 Å². The minimum atomic E-state index is -0.354. The number of benzene rings is 2. The predicted molar refractivity (Wildman–Crippen MR) is 91.5 cm³/mol. The van der Waals surface area contributed by atoms with Crippen molar-refractivity contribution in [3.8, 4) is 0 Å². The number of carbonyl (C=O) groups is 1. The van der Waals surface area contributed by atoms with Gasteiger partial charge in [-0.1, -0.05) is 42.5 Å². The molecule has 1 amide bonds. The lowest BCUT2D eigenvalue weighted by Gasteiger charge is -2.15. The van der Waals surface area contributed by atoms with Crippen molar-refractivity contribution in [1.29, 1.82) is 0 Å². The molecule has 0 unspecified atom stereocenters. The molecule has 1 atom stereocenters. The molecule has 0 fully saturated rings. The van der Waals surface area contributed by atoms with Gasteiger partial charge in [0.15, 0.2) is 0 Å². The maximum atomic E-state index is 12.6. The number of para-hydroxylation sites is 1. The van der Waals surface area contributed by atoms with E-state index in [0.29, 0.717) is 5.39 Å². The number of amides is 1. The second-order valence-electron chi connectivity index (χ2n) is 5.61. The molecule has 116 valence electrons. The van der Waals surface area contributed by atoms with E-state index in [1.54, 1.807) is 22.9 Å². The minimum absolute atomic E-state index is 0.161. The van der Waals surface area contributed by atoms with E-state index >= 15 is 0 Å². The third-order valence-electron chi connectivity index (χ3n) is 3.99. The zero-order valence-corrected chi connectivity index (χ0v) is 13.1. The van der Waals surface area contributed by atoms with Gasteiger partial charge in [-0.25, -0.2) is 0 Å². The van der Waals surface area contributed by atoms with Crippen LogP contribution in [0.1, 0.15) is 28.9 Å². The van der Waals surface area contributed by atoms with Crippen LogP contribution in [0.4, 0.5) is 0 Å². The first-order valence-corrected chi connectivity index (χ1v) is 7.52. The van der Waals surface area contributed by atoms with E-state index < -0.39 is 0 Å². The molecule has 4 heteroatoms. The predicted octanol–water partition coefficient (Wildman–Crippen LogP) is 3.03. The fraction of sp³-hybridized carbons (Fsp3) is 0.158. The van der Waals surface area contributed by atoms with Gasteiger partial charge in [-0.3, -0.25) is 9.59 Å². The van der Waals surface area contributed by atoms with Gasteiger partial charge in [-0.2, -0.15) is 0 Å². The van der Waals surface area contributed by atoms with E-state index in [-0.39, 0.29) is 22.9 Å². The van der Waals surface area contributed by atoms with Gasteiger partial charge < -0.3 is 9.88 Å². The number of pyridine rings is 1. The van der Waals surface area contributed by atoms with Crippen LogP contribution in [0.25, 0.3) is 10.9 Å². The van der Waals surface area contributed by atoms with Crippen molar-refractivity contribution in [2.24, 2.45) is 7.05 Å². The zero-order valence-electron chi connectivity index (χ0n) is 13.1. The smallest absolute Gasteiger partial charge is 0.257 e. The third-order valence-corrected chi connectivity index (χ3v) is 3.99. The Labute approximate surface area is 134 Å². The van der Waals surface area contributed by atoms with Gasteiger partial charge in [0.05, 0.1) is 11.6 Å². The first-order chi connectivity index (χ1) is 11.1. The van der Waals surface area contributed by atoms with E-state index in [4.69, 9.17) is 0 Å². The summed E-state index contributed by atoms with van der Waals surface area (Å²) in [5, 5.41) is 3.44. The fourth-order valence-electron chi connectivity index (χ4n) is 2.70. The maximum Gasteiger partial charge on any atom is 0.257 e. The summed E-state index contributed by atoms with van der Waals surface area (Å²) in [6, 6.07) is 16.8. The number of hydrogen-bond acceptors (Lipinski definition) is 2. The first-order valence-electron chi connectivity index (χ1n) is 7.52. The number of hydrogen-bond donors (Lipinski definition) is 1. The van der Waals surface area contributed by atoms with E-state index in [9.17, 15) is 9.59 Å². The summed E-state index contributed by atoms with van der Waals surface area (Å²) in [7, 11) is 1.83. The van der Waals surface area contributed by atoms with Gasteiger partial charge >= 0.3 is 0 Å². The van der Waals surface area contributed by atoms with E-state index in [0.717, 1.165) is 11.1 Å². The minimum Gasteiger partial charge on any atom is -0.350 e. The average Bonchev–Trinajstić information content (AvgIpc) is 2.58. The topological polar surface area (TPSA) is 51.1 Å². The molecule has 0 bridgehead atoms. The molecule has 0 radical (unpaired) electrons. The number of aryl methyl sites for hydroxylation is 1. The van der Waals surface area contributed by atoms with Gasteiger partial charge in [-0.15, -0.1) is 0 Å². The van der Waals surface area contributed by atoms with Crippen molar-refractivity contribution < 1.29 is 4.79 Å². The standard InChI is InChI=1S/C19H18N2O2/c1-13(14-8-4-3-5-9-14)20-19(23)16-12-21(2)17-11-7-6-10-15(17)18(16)22/h3-13H,1-2H3,(H,20,23)/t13-/m0/s1. The summed E-state index contributed by atoms with van der Waals surface area (Å²) in [6.45, 7) is 1.90. The summed E-state index contributed by atoms with van der Waals surface area (Å²) in [5.41, 5.74) is 1.73. The SMILES string of the molecule is C[C@H](NC(=O)c1cn(C)c2ccccc2c1=O)c1ccccc1. The molecule has 23 heavy (non-hydrogen) atoms. The van der Waals surface area contributed by atoms with E-state index in [2.05, 4.69) is 5.32 Å². The molecule has 0 spiro atoms. The Hall–Kier alpha value is -2.88. The molecule has 3 aromatic rings. The summed E-state index contributed by atoms with van der Waals surface area (Å²) in [6.07, 6.45) is 1.59. The van der Waals surface area contributed by atoms with Crippen LogP contribution in [0.5, 0.6) is 0 Å². The summed E-state index contributed by atoms with van der Waals surface area (Å²) >= 11 is 0. The molecular formula is C19H18N2O2. The number of rotatable bonds is 3. The molecule has 0 aliphatic carbocycles. The second-order valence-corrected chi connectivity index (χ2v) is 5.61. The summed E-state index contributed by atoms with van der Waals surface area (Å²) < 4.78 is 1.80. The van der Waals surface area contributed by atoms with Crippen LogP contribution in [0, 0.1) is 0 Å². The number of fused-ring (bicyclic) bond motifs is 1. The zero-order chi connectivity index (χ0) is 16.4. The third kappa shape index (κ3) is 2.88. The van der Waals surface area contributed by atoms with Crippen LogP contribution in [0.3, 0.4) is 0 Å². The Morgan fingerprint density at radius 2 is 1.70 bits per heavy atom. The molecule has 3 rings (SSSR count). The molecule has 4 nitrogen and oxygen atoms in total. The average molecular weight is 306 g/mol. The second kappa shape index (κ2) is 6.08. The number of nitrogens with zero attached hydrogens (tertiary/aromatic N) is 1. The molecular weight excluding hydrogens is 288 g/mol. The van der Waals surface area contributed by atoms with Gasteiger partial charge in [0, 0.05) is 18.6 Å². The Morgan fingerprint density at radius 3 is 2.43 bits per heavy atom. The highest BCUT2D eigenvalue weighted by molar-refractivity contribution is 5.97. The Balaban J connectivity index is 1.96. The van der Waals surface area contributed by atoms with Gasteiger partial charge in [0.2, 0.25) is 5.43 Å². The van der Waals surface area contributed by atoms with Gasteiger partial charge in [0.1, 0.15) is 5.56 Å². The van der Waals surface area contributed by atoms with Crippen LogP contribution in [0.15, 0.2) is 65.6 Å². The van der Waals surface area contributed by atoms with Crippen LogP contribution in [0.2, 0.25) is 0 Å². The quantitative estimate of drug-likeness (QED) is 0.808. The molecule has 1 heterocycles. The number of carbonyl (C=O) groups excluding carboxylic acids is 1. The molecule has 0 saturated carbocycles. The first kappa shape index (κ1) is 15.0. The highest BCUT2D eigenvalue weighted by Crippen LogP contribution is 2.13. The molecule has 1 N–H and O–H groups in total. The van der Waals surface area contributed by atoms with E-state index in [1.165, 1.54) is 0 Å². The van der Waals surface area contributed by atoms with Crippen molar-refractivity contribution in [1.82, 2.24) is 9.88 Å². The molecule has 0 saturated heterocycles. The number of aromatic nitrogens is 1. The van der Waals surface area contributed by atoms with Crippen molar-refractivity contribution in [2.45, 2.75) is 13.0 Å². The molecule has 1 aromatic heterocycles. The lowest BCUT2D eigenvalue weighted by molar-refractivity contribution is 0.0938.